The van der Waals surface area contributed by atoms with E-state index in [2.05, 4.69) is 31.5 Å². The van der Waals surface area contributed by atoms with Crippen LogP contribution in [0.25, 0.3) is 0 Å². The van der Waals surface area contributed by atoms with Crippen LogP contribution in [0.3, 0.4) is 0 Å². The fourth-order valence-corrected chi connectivity index (χ4v) is 1.53. The van der Waals surface area contributed by atoms with Gasteiger partial charge in [0.15, 0.2) is 0 Å². The van der Waals surface area contributed by atoms with Crippen LogP contribution in [0.2, 0.25) is 0 Å². The smallest absolute Gasteiger partial charge is 0.331 e. The molecule has 4 amide bonds. The van der Waals surface area contributed by atoms with Gasteiger partial charge in [-0.1, -0.05) is 0 Å². The molecule has 1 aromatic rings. The van der Waals surface area contributed by atoms with Gasteiger partial charge < -0.3 is 5.32 Å². The predicted octanol–water partition coefficient (Wildman–Crippen LogP) is 1.40. The summed E-state index contributed by atoms with van der Waals surface area (Å²) in [4.78, 5) is 27.9. The molecule has 2 heterocycles. The van der Waals surface area contributed by atoms with Crippen molar-refractivity contribution in [2.24, 2.45) is 0 Å². The van der Waals surface area contributed by atoms with Crippen molar-refractivity contribution in [3.63, 3.8) is 0 Å². The van der Waals surface area contributed by atoms with E-state index < -0.39 is 6.03 Å². The number of imide groups is 1. The molecule has 0 aliphatic carbocycles. The van der Waals surface area contributed by atoms with Crippen molar-refractivity contribution in [3.8, 4) is 0 Å². The molecule has 7 heteroatoms. The number of carbonyl (C=O) groups is 2. The summed E-state index contributed by atoms with van der Waals surface area (Å²) in [6.45, 7) is 0.862. The summed E-state index contributed by atoms with van der Waals surface area (Å²) in [7, 11) is 0. The van der Waals surface area contributed by atoms with Gasteiger partial charge in [-0.25, -0.2) is 19.5 Å². The summed E-state index contributed by atoms with van der Waals surface area (Å²) in [5, 5.41) is 5.08. The molecule has 2 rings (SSSR count). The van der Waals surface area contributed by atoms with E-state index in [0.717, 1.165) is 9.37 Å². The van der Waals surface area contributed by atoms with Gasteiger partial charge in [-0.2, -0.15) is 0 Å². The highest BCUT2D eigenvalue weighted by Gasteiger charge is 2.26. The fraction of sp³-hybridized carbons (Fsp3) is 0.222. The number of urea groups is 2. The molecule has 0 saturated carbocycles. The van der Waals surface area contributed by atoms with E-state index in [9.17, 15) is 9.59 Å². The number of anilines is 1. The molecule has 1 aliphatic heterocycles. The van der Waals surface area contributed by atoms with Gasteiger partial charge >= 0.3 is 12.1 Å². The van der Waals surface area contributed by atoms with E-state index in [0.29, 0.717) is 18.9 Å². The first-order valence-electron chi connectivity index (χ1n) is 4.65. The summed E-state index contributed by atoms with van der Waals surface area (Å²) >= 11 is 3.24. The van der Waals surface area contributed by atoms with Gasteiger partial charge in [-0.15, -0.1) is 0 Å². The third kappa shape index (κ3) is 2.30. The van der Waals surface area contributed by atoms with Crippen LogP contribution < -0.4 is 10.6 Å². The SMILES string of the molecule is O=C1NCCN1C(=O)Nc1ccc(Br)cn1. The number of nitrogens with one attached hydrogen (secondary N) is 2. The maximum Gasteiger partial charge on any atom is 0.331 e. The Kier molecular flexibility index (Phi) is 3.04. The molecule has 1 fully saturated rings. The monoisotopic (exact) mass is 284 g/mol. The van der Waals surface area contributed by atoms with Gasteiger partial charge in [0.05, 0.1) is 0 Å². The first-order valence-corrected chi connectivity index (χ1v) is 5.44. The van der Waals surface area contributed by atoms with Crippen molar-refractivity contribution in [1.82, 2.24) is 15.2 Å². The number of carbonyl (C=O) groups excluding carboxylic acids is 2. The number of pyridine rings is 1. The van der Waals surface area contributed by atoms with Gasteiger partial charge in [-0.05, 0) is 28.1 Å². The first kappa shape index (κ1) is 10.9. The second-order valence-electron chi connectivity index (χ2n) is 3.18. The Hall–Kier alpha value is -1.63. The average Bonchev–Trinajstić information content (AvgIpc) is 2.68. The quantitative estimate of drug-likeness (QED) is 0.819. The van der Waals surface area contributed by atoms with E-state index in [1.807, 2.05) is 0 Å². The number of hydrogen-bond acceptors (Lipinski definition) is 3. The number of nitrogens with zero attached hydrogens (tertiary/aromatic N) is 2. The zero-order valence-electron chi connectivity index (χ0n) is 8.24. The lowest BCUT2D eigenvalue weighted by molar-refractivity contribution is 0.207. The molecule has 0 unspecified atom stereocenters. The Morgan fingerprint density at radius 3 is 2.94 bits per heavy atom. The second-order valence-corrected chi connectivity index (χ2v) is 4.09. The second kappa shape index (κ2) is 4.48. The zero-order chi connectivity index (χ0) is 11.5. The molecule has 0 atom stereocenters. The number of aromatic nitrogens is 1. The van der Waals surface area contributed by atoms with Crippen LogP contribution in [0.5, 0.6) is 0 Å². The third-order valence-corrected chi connectivity index (χ3v) is 2.53. The Bertz CT molecular complexity index is 420. The van der Waals surface area contributed by atoms with Crippen molar-refractivity contribution in [1.29, 1.82) is 0 Å². The number of hydrogen-bond donors (Lipinski definition) is 2. The Morgan fingerprint density at radius 1 is 1.56 bits per heavy atom. The normalized spacial score (nSPS) is 14.8. The van der Waals surface area contributed by atoms with Gasteiger partial charge in [-0.3, -0.25) is 5.32 Å². The van der Waals surface area contributed by atoms with E-state index in [4.69, 9.17) is 0 Å². The molecule has 0 radical (unpaired) electrons. The largest absolute Gasteiger partial charge is 0.336 e. The van der Waals surface area contributed by atoms with E-state index >= 15 is 0 Å². The number of amides is 4. The topological polar surface area (TPSA) is 74.3 Å². The lowest BCUT2D eigenvalue weighted by Gasteiger charge is -2.12. The van der Waals surface area contributed by atoms with Crippen LogP contribution >= 0.6 is 15.9 Å². The van der Waals surface area contributed by atoms with E-state index in [1.54, 1.807) is 18.3 Å². The molecule has 1 saturated heterocycles. The molecule has 0 aromatic carbocycles. The standard InChI is InChI=1S/C9H9BrN4O2/c10-6-1-2-7(12-5-6)13-9(16)14-4-3-11-8(14)15/h1-2,5H,3-4H2,(H,11,15)(H,12,13,16). The van der Waals surface area contributed by atoms with Crippen LogP contribution in [-0.2, 0) is 0 Å². The van der Waals surface area contributed by atoms with Crippen LogP contribution in [0.1, 0.15) is 0 Å². The highest BCUT2D eigenvalue weighted by molar-refractivity contribution is 9.10. The highest BCUT2D eigenvalue weighted by atomic mass is 79.9. The predicted molar refractivity (Wildman–Crippen MR) is 61.1 cm³/mol. The van der Waals surface area contributed by atoms with Gasteiger partial charge in [0.25, 0.3) is 0 Å². The van der Waals surface area contributed by atoms with Crippen molar-refractivity contribution >= 4 is 33.8 Å². The van der Waals surface area contributed by atoms with E-state index in [-0.39, 0.29) is 6.03 Å². The van der Waals surface area contributed by atoms with E-state index in [1.165, 1.54) is 0 Å². The fourth-order valence-electron chi connectivity index (χ4n) is 1.29. The summed E-state index contributed by atoms with van der Waals surface area (Å²) in [5.74, 6) is 0.410. The van der Waals surface area contributed by atoms with Gasteiger partial charge in [0.1, 0.15) is 5.82 Å². The molecule has 0 spiro atoms. The molecule has 16 heavy (non-hydrogen) atoms. The molecule has 2 N–H and O–H groups in total. The van der Waals surface area contributed by atoms with Gasteiger partial charge in [0.2, 0.25) is 0 Å². The van der Waals surface area contributed by atoms with Crippen LogP contribution in [0.4, 0.5) is 15.4 Å². The van der Waals surface area contributed by atoms with Crippen molar-refractivity contribution in [2.45, 2.75) is 0 Å². The third-order valence-electron chi connectivity index (χ3n) is 2.06. The molecular weight excluding hydrogens is 276 g/mol. The average molecular weight is 285 g/mol. The lowest BCUT2D eigenvalue weighted by atomic mass is 10.4. The van der Waals surface area contributed by atoms with Gasteiger partial charge in [0, 0.05) is 23.8 Å². The molecular formula is C9H9BrN4O2. The molecule has 0 bridgehead atoms. The highest BCUT2D eigenvalue weighted by Crippen LogP contribution is 2.11. The van der Waals surface area contributed by atoms with Crippen LogP contribution in [0.15, 0.2) is 22.8 Å². The Morgan fingerprint density at radius 2 is 2.38 bits per heavy atom. The lowest BCUT2D eigenvalue weighted by Crippen LogP contribution is -2.37. The van der Waals surface area contributed by atoms with Crippen molar-refractivity contribution < 1.29 is 9.59 Å². The van der Waals surface area contributed by atoms with Crippen LogP contribution in [0, 0.1) is 0 Å². The first-order chi connectivity index (χ1) is 7.66. The number of halogens is 1. The summed E-state index contributed by atoms with van der Waals surface area (Å²) < 4.78 is 0.824. The summed E-state index contributed by atoms with van der Waals surface area (Å²) in [6.07, 6.45) is 1.57. The molecule has 6 nitrogen and oxygen atoms in total. The summed E-state index contributed by atoms with van der Waals surface area (Å²) in [6, 6.07) is 2.56. The number of rotatable bonds is 1. The molecule has 84 valence electrons. The maximum absolute atomic E-state index is 11.6. The zero-order valence-corrected chi connectivity index (χ0v) is 9.82. The van der Waals surface area contributed by atoms with Crippen molar-refractivity contribution in [2.75, 3.05) is 18.4 Å². The minimum absolute atomic E-state index is 0.376. The molecule has 1 aromatic heterocycles. The Labute approximate surface area is 100 Å². The minimum atomic E-state index is -0.468. The minimum Gasteiger partial charge on any atom is -0.336 e. The molecule has 1 aliphatic rings. The summed E-state index contributed by atoms with van der Waals surface area (Å²) in [5.41, 5.74) is 0. The Balaban J connectivity index is 2.02. The van der Waals surface area contributed by atoms with Crippen molar-refractivity contribution in [3.05, 3.63) is 22.8 Å². The maximum atomic E-state index is 11.6. The van der Waals surface area contributed by atoms with Crippen LogP contribution in [-0.4, -0.2) is 35.0 Å².